The first-order valence-corrected chi connectivity index (χ1v) is 9.33. The maximum Gasteiger partial charge on any atom is 0.241 e. The number of pyridine rings is 1. The first kappa shape index (κ1) is 19.8. The van der Waals surface area contributed by atoms with Gasteiger partial charge >= 0.3 is 0 Å². The second-order valence-corrected chi connectivity index (χ2v) is 7.05. The van der Waals surface area contributed by atoms with Crippen molar-refractivity contribution in [2.24, 2.45) is 0 Å². The summed E-state index contributed by atoms with van der Waals surface area (Å²) in [6.45, 7) is 8.46. The molecular formula is C21H24FN5O. The van der Waals surface area contributed by atoms with Gasteiger partial charge in [0.05, 0.1) is 23.0 Å². The molecule has 2 aromatic rings. The molecule has 146 valence electrons. The van der Waals surface area contributed by atoms with Crippen molar-refractivity contribution < 1.29 is 9.18 Å². The highest BCUT2D eigenvalue weighted by molar-refractivity contribution is 5.94. The average molecular weight is 381 g/mol. The van der Waals surface area contributed by atoms with Crippen molar-refractivity contribution in [2.75, 3.05) is 36.4 Å². The third-order valence-electron chi connectivity index (χ3n) is 5.09. The van der Waals surface area contributed by atoms with Crippen molar-refractivity contribution in [1.29, 1.82) is 5.26 Å². The smallest absolute Gasteiger partial charge is 0.241 e. The highest BCUT2D eigenvalue weighted by Crippen LogP contribution is 2.25. The van der Waals surface area contributed by atoms with Gasteiger partial charge in [0, 0.05) is 37.6 Å². The fraction of sp³-hybridized carbons (Fsp3) is 0.381. The molecule has 28 heavy (non-hydrogen) atoms. The van der Waals surface area contributed by atoms with Crippen LogP contribution in [0.25, 0.3) is 0 Å². The maximum absolute atomic E-state index is 13.3. The molecule has 7 heteroatoms. The number of nitriles is 1. The molecule has 1 unspecified atom stereocenters. The van der Waals surface area contributed by atoms with Crippen LogP contribution < -0.4 is 10.2 Å². The van der Waals surface area contributed by atoms with Crippen LogP contribution in [0.2, 0.25) is 0 Å². The molecular weight excluding hydrogens is 357 g/mol. The Bertz CT molecular complexity index is 915. The van der Waals surface area contributed by atoms with Crippen LogP contribution in [0.1, 0.15) is 23.9 Å². The summed E-state index contributed by atoms with van der Waals surface area (Å²) in [5.41, 5.74) is 3.59. The zero-order valence-corrected chi connectivity index (χ0v) is 16.4. The number of rotatable bonds is 4. The van der Waals surface area contributed by atoms with Crippen molar-refractivity contribution in [1.82, 2.24) is 9.88 Å². The first-order valence-electron chi connectivity index (χ1n) is 9.33. The fourth-order valence-corrected chi connectivity index (χ4v) is 3.52. The molecule has 1 N–H and O–H groups in total. The molecule has 0 bridgehead atoms. The van der Waals surface area contributed by atoms with Crippen LogP contribution in [0.4, 0.5) is 15.8 Å². The van der Waals surface area contributed by atoms with E-state index in [0.717, 1.165) is 30.2 Å². The molecule has 6 nitrogen and oxygen atoms in total. The molecule has 0 aliphatic carbocycles. The number of carbonyl (C=O) groups is 1. The van der Waals surface area contributed by atoms with Crippen molar-refractivity contribution in [3.63, 3.8) is 0 Å². The Kier molecular flexibility index (Phi) is 5.90. The monoisotopic (exact) mass is 381 g/mol. The standard InChI is InChI=1S/C21H24FN5O/c1-14-11-20(19(13-23)15(2)24-14)27-9-7-26(8-10-27)16(3)21(28)25-18-6-4-5-17(22)12-18/h4-6,11-12,16H,7-10H2,1-3H3,(H,25,28). The molecule has 0 saturated carbocycles. The number of hydrogen-bond donors (Lipinski definition) is 1. The van der Waals surface area contributed by atoms with E-state index >= 15 is 0 Å². The van der Waals surface area contributed by atoms with Crippen LogP contribution in [-0.2, 0) is 4.79 Å². The number of aryl methyl sites for hydroxylation is 2. The second-order valence-electron chi connectivity index (χ2n) is 7.05. The van der Waals surface area contributed by atoms with E-state index in [0.29, 0.717) is 24.3 Å². The van der Waals surface area contributed by atoms with Crippen molar-refractivity contribution in [3.8, 4) is 6.07 Å². The van der Waals surface area contributed by atoms with E-state index in [1.54, 1.807) is 12.1 Å². The van der Waals surface area contributed by atoms with E-state index in [1.165, 1.54) is 12.1 Å². The van der Waals surface area contributed by atoms with Gasteiger partial charge in [0.1, 0.15) is 11.9 Å². The number of amides is 1. The van der Waals surface area contributed by atoms with Gasteiger partial charge < -0.3 is 10.2 Å². The Labute approximate surface area is 164 Å². The van der Waals surface area contributed by atoms with Crippen molar-refractivity contribution >= 4 is 17.3 Å². The van der Waals surface area contributed by atoms with E-state index < -0.39 is 0 Å². The molecule has 1 fully saturated rings. The van der Waals surface area contributed by atoms with Crippen LogP contribution in [0.5, 0.6) is 0 Å². The summed E-state index contributed by atoms with van der Waals surface area (Å²) >= 11 is 0. The van der Waals surface area contributed by atoms with Gasteiger partial charge in [0.15, 0.2) is 0 Å². The van der Waals surface area contributed by atoms with Gasteiger partial charge in [-0.3, -0.25) is 14.7 Å². The first-order chi connectivity index (χ1) is 13.4. The summed E-state index contributed by atoms with van der Waals surface area (Å²) in [6, 6.07) is 9.76. The Morgan fingerprint density at radius 3 is 2.61 bits per heavy atom. The van der Waals surface area contributed by atoms with Crippen molar-refractivity contribution in [3.05, 3.63) is 53.1 Å². The normalized spacial score (nSPS) is 15.8. The van der Waals surface area contributed by atoms with Crippen LogP contribution in [-0.4, -0.2) is 48.0 Å². The van der Waals surface area contributed by atoms with Gasteiger partial charge in [-0.25, -0.2) is 4.39 Å². The molecule has 1 atom stereocenters. The zero-order chi connectivity index (χ0) is 20.3. The number of hydrogen-bond acceptors (Lipinski definition) is 5. The van der Waals surface area contributed by atoms with E-state index in [9.17, 15) is 14.4 Å². The third kappa shape index (κ3) is 4.29. The largest absolute Gasteiger partial charge is 0.368 e. The SMILES string of the molecule is Cc1cc(N2CCN(C(C)C(=O)Nc3cccc(F)c3)CC2)c(C#N)c(C)n1. The van der Waals surface area contributed by atoms with E-state index in [4.69, 9.17) is 0 Å². The minimum Gasteiger partial charge on any atom is -0.368 e. The molecule has 1 aliphatic heterocycles. The Balaban J connectivity index is 1.64. The summed E-state index contributed by atoms with van der Waals surface area (Å²) in [5.74, 6) is -0.539. The topological polar surface area (TPSA) is 72.3 Å². The van der Waals surface area contributed by atoms with Gasteiger partial charge in [0.25, 0.3) is 0 Å². The predicted molar refractivity (Wildman–Crippen MR) is 107 cm³/mol. The average Bonchev–Trinajstić information content (AvgIpc) is 2.67. The van der Waals surface area contributed by atoms with Crippen LogP contribution in [0, 0.1) is 31.0 Å². The van der Waals surface area contributed by atoms with Gasteiger partial charge in [0.2, 0.25) is 5.91 Å². The summed E-state index contributed by atoms with van der Waals surface area (Å²) in [4.78, 5) is 21.2. The Morgan fingerprint density at radius 1 is 1.25 bits per heavy atom. The van der Waals surface area contributed by atoms with Gasteiger partial charge in [-0.15, -0.1) is 0 Å². The third-order valence-corrected chi connectivity index (χ3v) is 5.09. The van der Waals surface area contributed by atoms with E-state index in [-0.39, 0.29) is 17.8 Å². The lowest BCUT2D eigenvalue weighted by Gasteiger charge is -2.39. The summed E-state index contributed by atoms with van der Waals surface area (Å²) in [7, 11) is 0. The minimum absolute atomic E-state index is 0.160. The molecule has 0 radical (unpaired) electrons. The summed E-state index contributed by atoms with van der Waals surface area (Å²) in [6.07, 6.45) is 0. The molecule has 0 spiro atoms. The lowest BCUT2D eigenvalue weighted by atomic mass is 10.1. The molecule has 2 heterocycles. The van der Waals surface area contributed by atoms with Gasteiger partial charge in [-0.05, 0) is 45.0 Å². The molecule has 3 rings (SSSR count). The fourth-order valence-electron chi connectivity index (χ4n) is 3.52. The number of nitrogens with one attached hydrogen (secondary N) is 1. The molecule has 1 saturated heterocycles. The second kappa shape index (κ2) is 8.36. The summed E-state index contributed by atoms with van der Waals surface area (Å²) < 4.78 is 13.3. The quantitative estimate of drug-likeness (QED) is 0.882. The molecule has 1 aromatic heterocycles. The Hall–Kier alpha value is -2.98. The maximum atomic E-state index is 13.3. The van der Waals surface area contributed by atoms with E-state index in [1.807, 2.05) is 26.8 Å². The number of piperazine rings is 1. The molecule has 1 aliphatic rings. The zero-order valence-electron chi connectivity index (χ0n) is 16.4. The van der Waals surface area contributed by atoms with Gasteiger partial charge in [-0.2, -0.15) is 5.26 Å². The summed E-state index contributed by atoms with van der Waals surface area (Å²) in [5, 5.41) is 12.3. The van der Waals surface area contributed by atoms with Gasteiger partial charge in [-0.1, -0.05) is 6.07 Å². The van der Waals surface area contributed by atoms with Crippen LogP contribution >= 0.6 is 0 Å². The van der Waals surface area contributed by atoms with Crippen LogP contribution in [0.15, 0.2) is 30.3 Å². The molecule has 1 aromatic carbocycles. The number of carbonyl (C=O) groups excluding carboxylic acids is 1. The van der Waals surface area contributed by atoms with Crippen LogP contribution in [0.3, 0.4) is 0 Å². The number of benzene rings is 1. The predicted octanol–water partition coefficient (Wildman–Crippen LogP) is 2.86. The lowest BCUT2D eigenvalue weighted by molar-refractivity contribution is -0.120. The van der Waals surface area contributed by atoms with E-state index in [2.05, 4.69) is 26.2 Å². The highest BCUT2D eigenvalue weighted by Gasteiger charge is 2.27. The lowest BCUT2D eigenvalue weighted by Crippen LogP contribution is -2.53. The Morgan fingerprint density at radius 2 is 1.96 bits per heavy atom. The number of aromatic nitrogens is 1. The van der Waals surface area contributed by atoms with Crippen molar-refractivity contribution in [2.45, 2.75) is 26.8 Å². The minimum atomic E-state index is -0.379. The number of nitrogens with zero attached hydrogens (tertiary/aromatic N) is 4. The number of halogens is 1. The highest BCUT2D eigenvalue weighted by atomic mass is 19.1. The number of anilines is 2. The molecule has 1 amide bonds.